The summed E-state index contributed by atoms with van der Waals surface area (Å²) in [6.45, 7) is 0.678. The van der Waals surface area contributed by atoms with Crippen LogP contribution in [0.15, 0.2) is 70.2 Å². The minimum Gasteiger partial charge on any atom is -0.356 e. The predicted molar refractivity (Wildman–Crippen MR) is 114 cm³/mol. The molecule has 1 amide bonds. The summed E-state index contributed by atoms with van der Waals surface area (Å²) in [6, 6.07) is 16.8. The van der Waals surface area contributed by atoms with Gasteiger partial charge in [0.25, 0.3) is 11.3 Å². The Hall–Kier alpha value is -3.45. The van der Waals surface area contributed by atoms with E-state index in [-0.39, 0.29) is 30.1 Å². The molecule has 0 saturated heterocycles. The fourth-order valence-corrected chi connectivity index (χ4v) is 3.41. The molecule has 4 rings (SSSR count). The molecule has 2 aromatic carbocycles. The Morgan fingerprint density at radius 2 is 1.87 bits per heavy atom. The van der Waals surface area contributed by atoms with Crippen molar-refractivity contribution in [3.63, 3.8) is 0 Å². The summed E-state index contributed by atoms with van der Waals surface area (Å²) in [5.41, 5.74) is 2.08. The molecule has 0 aliphatic heterocycles. The fraction of sp³-hybridized carbons (Fsp3) is 0.182. The summed E-state index contributed by atoms with van der Waals surface area (Å²) >= 11 is 6.12. The third-order valence-electron chi connectivity index (χ3n) is 4.76. The van der Waals surface area contributed by atoms with Gasteiger partial charge in [-0.25, -0.2) is 4.98 Å². The topological polar surface area (TPSA) is 90.0 Å². The molecule has 0 unspecified atom stereocenters. The van der Waals surface area contributed by atoms with Crippen molar-refractivity contribution in [1.82, 2.24) is 20.0 Å². The van der Waals surface area contributed by atoms with Crippen LogP contribution in [0.25, 0.3) is 22.4 Å². The molecule has 7 nitrogen and oxygen atoms in total. The quantitative estimate of drug-likeness (QED) is 0.492. The first kappa shape index (κ1) is 19.8. The second-order valence-electron chi connectivity index (χ2n) is 6.76. The maximum atomic E-state index is 12.9. The van der Waals surface area contributed by atoms with Gasteiger partial charge in [0.2, 0.25) is 5.91 Å². The Balaban J connectivity index is 1.42. The van der Waals surface area contributed by atoms with Gasteiger partial charge in [0.1, 0.15) is 17.4 Å². The normalized spacial score (nSPS) is 11.0. The van der Waals surface area contributed by atoms with Crippen molar-refractivity contribution in [2.24, 2.45) is 0 Å². The molecule has 1 N–H and O–H groups in total. The van der Waals surface area contributed by atoms with Crippen LogP contribution in [0.1, 0.15) is 12.0 Å². The SMILES string of the molecule is O=C(CCn1cnc2onc(-c3ccccc3)c2c1=O)NCCc1ccccc1Cl. The van der Waals surface area contributed by atoms with E-state index in [1.165, 1.54) is 10.9 Å². The van der Waals surface area contributed by atoms with Gasteiger partial charge in [0.15, 0.2) is 0 Å². The number of fused-ring (bicyclic) bond motifs is 1. The summed E-state index contributed by atoms with van der Waals surface area (Å²) in [5, 5.41) is 7.84. The summed E-state index contributed by atoms with van der Waals surface area (Å²) in [6.07, 6.45) is 2.17. The number of halogens is 1. The molecule has 2 aromatic heterocycles. The maximum absolute atomic E-state index is 12.9. The van der Waals surface area contributed by atoms with Crippen molar-refractivity contribution in [3.05, 3.63) is 81.9 Å². The van der Waals surface area contributed by atoms with E-state index in [0.717, 1.165) is 11.1 Å². The van der Waals surface area contributed by atoms with Crippen molar-refractivity contribution in [2.75, 3.05) is 6.54 Å². The first-order chi connectivity index (χ1) is 14.6. The van der Waals surface area contributed by atoms with Gasteiger partial charge in [-0.05, 0) is 18.1 Å². The standard InChI is InChI=1S/C22H19ClN4O3/c23-17-9-5-4-6-15(17)10-12-24-18(28)11-13-27-14-25-21-19(22(27)29)20(26-30-21)16-7-2-1-3-8-16/h1-9,14H,10-13H2,(H,24,28). The average molecular weight is 423 g/mol. The van der Waals surface area contributed by atoms with E-state index in [1.807, 2.05) is 54.6 Å². The zero-order valence-corrected chi connectivity index (χ0v) is 16.8. The Bertz CT molecular complexity index is 1230. The number of aromatic nitrogens is 3. The molecule has 4 aromatic rings. The van der Waals surface area contributed by atoms with Crippen molar-refractivity contribution >= 4 is 28.6 Å². The first-order valence-electron chi connectivity index (χ1n) is 9.54. The molecule has 0 spiro atoms. The number of hydrogen-bond donors (Lipinski definition) is 1. The molecule has 0 atom stereocenters. The summed E-state index contributed by atoms with van der Waals surface area (Å²) in [5.74, 6) is -0.150. The van der Waals surface area contributed by atoms with Crippen LogP contribution in [-0.2, 0) is 17.8 Å². The number of benzene rings is 2. The lowest BCUT2D eigenvalue weighted by Crippen LogP contribution is -2.29. The van der Waals surface area contributed by atoms with Gasteiger partial charge in [0.05, 0.1) is 0 Å². The fourth-order valence-electron chi connectivity index (χ4n) is 3.18. The van der Waals surface area contributed by atoms with Crippen LogP contribution >= 0.6 is 11.6 Å². The van der Waals surface area contributed by atoms with Crippen molar-refractivity contribution in [3.8, 4) is 11.3 Å². The highest BCUT2D eigenvalue weighted by atomic mass is 35.5. The highest BCUT2D eigenvalue weighted by Crippen LogP contribution is 2.23. The number of nitrogens with zero attached hydrogens (tertiary/aromatic N) is 3. The monoisotopic (exact) mass is 422 g/mol. The van der Waals surface area contributed by atoms with Crippen LogP contribution in [0.5, 0.6) is 0 Å². The van der Waals surface area contributed by atoms with Gasteiger partial charge < -0.3 is 9.84 Å². The Morgan fingerprint density at radius 1 is 1.10 bits per heavy atom. The van der Waals surface area contributed by atoms with E-state index in [9.17, 15) is 9.59 Å². The van der Waals surface area contributed by atoms with Gasteiger partial charge in [-0.15, -0.1) is 0 Å². The van der Waals surface area contributed by atoms with E-state index >= 15 is 0 Å². The molecule has 152 valence electrons. The molecule has 0 aliphatic rings. The summed E-state index contributed by atoms with van der Waals surface area (Å²) < 4.78 is 6.61. The molecular weight excluding hydrogens is 404 g/mol. The lowest BCUT2D eigenvalue weighted by atomic mass is 10.1. The second-order valence-corrected chi connectivity index (χ2v) is 7.17. The number of carbonyl (C=O) groups is 1. The Labute approximate surface area is 177 Å². The van der Waals surface area contributed by atoms with Gasteiger partial charge >= 0.3 is 0 Å². The average Bonchev–Trinajstić information content (AvgIpc) is 3.20. The lowest BCUT2D eigenvalue weighted by Gasteiger charge is -2.08. The van der Waals surface area contributed by atoms with E-state index in [1.54, 1.807) is 0 Å². The van der Waals surface area contributed by atoms with Gasteiger partial charge in [0, 0.05) is 30.1 Å². The van der Waals surface area contributed by atoms with Crippen LogP contribution in [0, 0.1) is 0 Å². The van der Waals surface area contributed by atoms with Gasteiger partial charge in [-0.3, -0.25) is 14.2 Å². The summed E-state index contributed by atoms with van der Waals surface area (Å²) in [7, 11) is 0. The minimum absolute atomic E-state index is 0.150. The predicted octanol–water partition coefficient (Wildman–Crippen LogP) is 3.45. The number of nitrogens with one attached hydrogen (secondary N) is 1. The first-order valence-corrected chi connectivity index (χ1v) is 9.91. The number of rotatable bonds is 7. The molecular formula is C22H19ClN4O3. The zero-order chi connectivity index (χ0) is 20.9. The van der Waals surface area contributed by atoms with Crippen LogP contribution < -0.4 is 10.9 Å². The molecule has 0 saturated carbocycles. The zero-order valence-electron chi connectivity index (χ0n) is 16.0. The Morgan fingerprint density at radius 3 is 2.67 bits per heavy atom. The van der Waals surface area contributed by atoms with Crippen molar-refractivity contribution in [2.45, 2.75) is 19.4 Å². The van der Waals surface area contributed by atoms with E-state index in [0.29, 0.717) is 29.1 Å². The second kappa shape index (κ2) is 8.92. The highest BCUT2D eigenvalue weighted by molar-refractivity contribution is 6.31. The highest BCUT2D eigenvalue weighted by Gasteiger charge is 2.17. The molecule has 2 heterocycles. The molecule has 8 heteroatoms. The van der Waals surface area contributed by atoms with Gasteiger partial charge in [-0.1, -0.05) is 65.3 Å². The molecule has 0 radical (unpaired) electrons. The summed E-state index contributed by atoms with van der Waals surface area (Å²) in [4.78, 5) is 29.3. The van der Waals surface area contributed by atoms with Crippen LogP contribution in [0.4, 0.5) is 0 Å². The van der Waals surface area contributed by atoms with E-state index in [2.05, 4.69) is 15.5 Å². The lowest BCUT2D eigenvalue weighted by molar-refractivity contribution is -0.121. The number of carbonyl (C=O) groups excluding carboxylic acids is 1. The molecule has 0 bridgehead atoms. The molecule has 0 fully saturated rings. The maximum Gasteiger partial charge on any atom is 0.266 e. The van der Waals surface area contributed by atoms with Crippen molar-refractivity contribution < 1.29 is 9.32 Å². The number of hydrogen-bond acceptors (Lipinski definition) is 5. The van der Waals surface area contributed by atoms with Gasteiger partial charge in [-0.2, -0.15) is 0 Å². The smallest absolute Gasteiger partial charge is 0.266 e. The minimum atomic E-state index is -0.288. The number of amides is 1. The van der Waals surface area contributed by atoms with E-state index in [4.69, 9.17) is 16.1 Å². The third-order valence-corrected chi connectivity index (χ3v) is 5.13. The number of aryl methyl sites for hydroxylation is 1. The van der Waals surface area contributed by atoms with Crippen LogP contribution in [0.3, 0.4) is 0 Å². The molecule has 30 heavy (non-hydrogen) atoms. The molecule has 0 aliphatic carbocycles. The van der Waals surface area contributed by atoms with E-state index < -0.39 is 0 Å². The Kier molecular flexibility index (Phi) is 5.90. The third kappa shape index (κ3) is 4.26. The van der Waals surface area contributed by atoms with Crippen LogP contribution in [0.2, 0.25) is 5.02 Å². The van der Waals surface area contributed by atoms with Crippen LogP contribution in [-0.4, -0.2) is 27.2 Å². The van der Waals surface area contributed by atoms with Crippen molar-refractivity contribution in [1.29, 1.82) is 0 Å². The largest absolute Gasteiger partial charge is 0.356 e.